The van der Waals surface area contributed by atoms with Crippen molar-refractivity contribution in [1.82, 2.24) is 4.98 Å². The number of aryl methyl sites for hydroxylation is 1. The highest BCUT2D eigenvalue weighted by Gasteiger charge is 2.74. The Morgan fingerprint density at radius 1 is 0.848 bits per heavy atom. The van der Waals surface area contributed by atoms with Crippen LogP contribution in [0, 0.1) is 13.8 Å². The van der Waals surface area contributed by atoms with E-state index < -0.39 is 46.3 Å². The summed E-state index contributed by atoms with van der Waals surface area (Å²) in [5.74, 6) is -1.14. The topological polar surface area (TPSA) is 56.0 Å². The number of nitrogens with zero attached hydrogens (tertiary/aromatic N) is 1. The van der Waals surface area contributed by atoms with Crippen molar-refractivity contribution >= 4 is 5.91 Å². The molecule has 0 saturated heterocycles. The first-order valence-electron chi connectivity index (χ1n) is 9.49. The molecule has 0 bridgehead atoms. The van der Waals surface area contributed by atoms with Gasteiger partial charge in [0.2, 0.25) is 0 Å². The fourth-order valence-corrected chi connectivity index (χ4v) is 3.88. The van der Waals surface area contributed by atoms with Crippen molar-refractivity contribution in [2.24, 2.45) is 5.73 Å². The third-order valence-electron chi connectivity index (χ3n) is 5.30. The van der Waals surface area contributed by atoms with E-state index in [9.17, 15) is 31.1 Å². The van der Waals surface area contributed by atoms with Gasteiger partial charge in [0.05, 0.1) is 11.3 Å². The molecule has 3 nitrogen and oxygen atoms in total. The number of halogens is 7. The number of hydrogen-bond donors (Lipinski definition) is 1. The number of benzene rings is 2. The molecule has 1 amide bonds. The number of nitrogens with two attached hydrogens (primary N) is 1. The van der Waals surface area contributed by atoms with Crippen LogP contribution >= 0.6 is 0 Å². The Balaban J connectivity index is 2.57. The minimum absolute atomic E-state index is 0.0236. The van der Waals surface area contributed by atoms with Gasteiger partial charge in [0.25, 0.3) is 5.91 Å². The van der Waals surface area contributed by atoms with Crippen LogP contribution in [0.15, 0.2) is 54.7 Å². The van der Waals surface area contributed by atoms with Gasteiger partial charge in [-0.25, -0.2) is 4.39 Å². The number of aromatic nitrogens is 1. The molecule has 0 aliphatic heterocycles. The highest BCUT2D eigenvalue weighted by Crippen LogP contribution is 2.56. The monoisotopic (exact) mass is 470 g/mol. The molecule has 3 rings (SSSR count). The van der Waals surface area contributed by atoms with E-state index in [4.69, 9.17) is 5.73 Å². The lowest BCUT2D eigenvalue weighted by molar-refractivity contribution is -0.348. The van der Waals surface area contributed by atoms with Gasteiger partial charge in [-0.05, 0) is 48.2 Å². The second kappa shape index (κ2) is 8.17. The van der Waals surface area contributed by atoms with Crippen molar-refractivity contribution in [2.75, 3.05) is 0 Å². The molecule has 0 atom stereocenters. The fourth-order valence-electron chi connectivity index (χ4n) is 3.88. The number of pyridine rings is 1. The zero-order valence-corrected chi connectivity index (χ0v) is 17.3. The zero-order valence-electron chi connectivity index (χ0n) is 17.3. The van der Waals surface area contributed by atoms with Crippen LogP contribution in [0.4, 0.5) is 30.7 Å². The van der Waals surface area contributed by atoms with Gasteiger partial charge < -0.3 is 5.73 Å². The lowest BCUT2D eigenvalue weighted by atomic mass is 9.80. The second-order valence-corrected chi connectivity index (χ2v) is 7.40. The van der Waals surface area contributed by atoms with Crippen LogP contribution < -0.4 is 5.73 Å². The lowest BCUT2D eigenvalue weighted by Crippen LogP contribution is -2.50. The second-order valence-electron chi connectivity index (χ2n) is 7.40. The quantitative estimate of drug-likeness (QED) is 0.448. The first-order valence-corrected chi connectivity index (χ1v) is 9.49. The van der Waals surface area contributed by atoms with Crippen molar-refractivity contribution in [2.45, 2.75) is 31.9 Å². The molecule has 1 heterocycles. The van der Waals surface area contributed by atoms with Gasteiger partial charge in [0.1, 0.15) is 0 Å². The highest BCUT2D eigenvalue weighted by molar-refractivity contribution is 6.00. The molecule has 0 aliphatic carbocycles. The predicted octanol–water partition coefficient (Wildman–Crippen LogP) is 6.42. The summed E-state index contributed by atoms with van der Waals surface area (Å²) in [7, 11) is 0. The summed E-state index contributed by atoms with van der Waals surface area (Å²) in [6, 6.07) is 11.0. The average molecular weight is 470 g/mol. The molecule has 0 saturated carbocycles. The molecule has 10 heteroatoms. The Morgan fingerprint density at radius 2 is 1.42 bits per heavy atom. The molecular formula is C23H17F7N2O. The number of primary amides is 1. The van der Waals surface area contributed by atoms with Gasteiger partial charge >= 0.3 is 18.0 Å². The minimum Gasteiger partial charge on any atom is -0.366 e. The average Bonchev–Trinajstić information content (AvgIpc) is 2.72. The van der Waals surface area contributed by atoms with Gasteiger partial charge in [0.15, 0.2) is 0 Å². The summed E-state index contributed by atoms with van der Waals surface area (Å²) in [6.45, 7) is 2.53. The Morgan fingerprint density at radius 3 is 1.94 bits per heavy atom. The molecule has 0 spiro atoms. The molecule has 0 unspecified atom stereocenters. The largest absolute Gasteiger partial charge is 0.435 e. The Bertz CT molecular complexity index is 1190. The van der Waals surface area contributed by atoms with E-state index in [0.717, 1.165) is 12.3 Å². The number of amides is 1. The van der Waals surface area contributed by atoms with Crippen molar-refractivity contribution < 1.29 is 35.5 Å². The number of rotatable bonds is 4. The Hall–Kier alpha value is -3.43. The molecule has 2 N–H and O–H groups in total. The van der Waals surface area contributed by atoms with Gasteiger partial charge in [0, 0.05) is 17.3 Å². The van der Waals surface area contributed by atoms with E-state index in [1.807, 2.05) is 0 Å². The van der Waals surface area contributed by atoms with Gasteiger partial charge in [-0.15, -0.1) is 0 Å². The van der Waals surface area contributed by atoms with E-state index in [2.05, 4.69) is 4.98 Å². The minimum atomic E-state index is -6.35. The standard InChI is InChI=1S/C23H17F7N2O/c1-12-11-16(21(24,22(25,26)27)23(28,29)30)18(19-15(20(31)33)9-6-10-32-19)13(2)17(12)14-7-4-3-5-8-14/h3-11H,1-2H3,(H2,31,33). The lowest BCUT2D eigenvalue weighted by Gasteiger charge is -2.33. The first kappa shape index (κ1) is 24.2. The predicted molar refractivity (Wildman–Crippen MR) is 108 cm³/mol. The molecule has 0 aliphatic rings. The molecule has 33 heavy (non-hydrogen) atoms. The maximum atomic E-state index is 15.3. The van der Waals surface area contributed by atoms with E-state index in [1.54, 1.807) is 30.3 Å². The summed E-state index contributed by atoms with van der Waals surface area (Å²) < 4.78 is 97.6. The summed E-state index contributed by atoms with van der Waals surface area (Å²) in [5, 5.41) is 0. The molecule has 3 aromatic rings. The highest BCUT2D eigenvalue weighted by atomic mass is 19.4. The van der Waals surface area contributed by atoms with Crippen LogP contribution in [0.2, 0.25) is 0 Å². The van der Waals surface area contributed by atoms with Crippen molar-refractivity contribution in [1.29, 1.82) is 0 Å². The molecule has 174 valence electrons. The molecular weight excluding hydrogens is 453 g/mol. The van der Waals surface area contributed by atoms with E-state index in [-0.39, 0.29) is 16.7 Å². The van der Waals surface area contributed by atoms with Crippen molar-refractivity contribution in [3.63, 3.8) is 0 Å². The fraction of sp³-hybridized carbons (Fsp3) is 0.217. The maximum absolute atomic E-state index is 15.3. The molecule has 0 fully saturated rings. The van der Waals surface area contributed by atoms with Crippen LogP contribution in [0.5, 0.6) is 0 Å². The van der Waals surface area contributed by atoms with Gasteiger partial charge in [-0.1, -0.05) is 36.4 Å². The van der Waals surface area contributed by atoms with E-state index >= 15 is 4.39 Å². The van der Waals surface area contributed by atoms with Crippen LogP contribution in [-0.4, -0.2) is 23.2 Å². The molecule has 1 aromatic heterocycles. The molecule has 0 radical (unpaired) electrons. The molecule has 2 aromatic carbocycles. The zero-order chi connectivity index (χ0) is 24.8. The maximum Gasteiger partial charge on any atom is 0.435 e. The number of carbonyl (C=O) groups is 1. The summed E-state index contributed by atoms with van der Waals surface area (Å²) in [5.41, 5.74) is -3.36. The summed E-state index contributed by atoms with van der Waals surface area (Å²) in [6.07, 6.45) is -11.6. The van der Waals surface area contributed by atoms with Crippen molar-refractivity contribution in [3.05, 3.63) is 77.0 Å². The Labute approximate surface area is 184 Å². The van der Waals surface area contributed by atoms with Crippen molar-refractivity contribution in [3.8, 4) is 22.4 Å². The smallest absolute Gasteiger partial charge is 0.366 e. The van der Waals surface area contributed by atoms with Crippen LogP contribution in [0.3, 0.4) is 0 Å². The number of alkyl halides is 7. The third kappa shape index (κ3) is 3.94. The van der Waals surface area contributed by atoms with Crippen LogP contribution in [0.25, 0.3) is 22.4 Å². The van der Waals surface area contributed by atoms with Crippen LogP contribution in [0.1, 0.15) is 27.0 Å². The van der Waals surface area contributed by atoms with E-state index in [1.165, 1.54) is 19.9 Å². The normalized spacial score (nSPS) is 12.6. The van der Waals surface area contributed by atoms with Gasteiger partial charge in [-0.3, -0.25) is 9.78 Å². The van der Waals surface area contributed by atoms with Crippen LogP contribution in [-0.2, 0) is 5.67 Å². The number of hydrogen-bond acceptors (Lipinski definition) is 2. The summed E-state index contributed by atoms with van der Waals surface area (Å²) >= 11 is 0. The third-order valence-corrected chi connectivity index (χ3v) is 5.30. The van der Waals surface area contributed by atoms with Gasteiger partial charge in [-0.2, -0.15) is 26.3 Å². The SMILES string of the molecule is Cc1cc(C(F)(C(F)(F)F)C(F)(F)F)c(-c2ncccc2C(N)=O)c(C)c1-c1ccccc1. The summed E-state index contributed by atoms with van der Waals surface area (Å²) in [4.78, 5) is 15.8. The number of carbonyl (C=O) groups excluding carboxylic acids is 1. The Kier molecular flexibility index (Phi) is 5.99. The van der Waals surface area contributed by atoms with E-state index in [0.29, 0.717) is 11.6 Å². The first-order chi connectivity index (χ1) is 15.2.